The maximum Gasteiger partial charge on any atom is 0.332 e. The molecular weight excluding hydrogens is 344 g/mol. The Labute approximate surface area is 162 Å². The van der Waals surface area contributed by atoms with Gasteiger partial charge in [0.2, 0.25) is 0 Å². The Morgan fingerprint density at radius 2 is 2.00 bits per heavy atom. The van der Waals surface area contributed by atoms with Gasteiger partial charge < -0.3 is 14.9 Å². The zero-order chi connectivity index (χ0) is 20.2. The van der Waals surface area contributed by atoms with E-state index in [1.807, 2.05) is 6.92 Å². The Morgan fingerprint density at radius 1 is 1.33 bits per heavy atom. The molecule has 0 heterocycles. The molecule has 3 aliphatic carbocycles. The second-order valence-corrected chi connectivity index (χ2v) is 9.72. The van der Waals surface area contributed by atoms with Crippen molar-refractivity contribution in [1.29, 1.82) is 0 Å². The zero-order valence-corrected chi connectivity index (χ0v) is 17.0. The van der Waals surface area contributed by atoms with Crippen molar-refractivity contribution in [2.24, 2.45) is 34.0 Å². The number of hydrogen-bond donors (Lipinski definition) is 2. The summed E-state index contributed by atoms with van der Waals surface area (Å²) in [4.78, 5) is 25.2. The SMILES string of the molecule is C=C[C@]1(C)CC(OC(=O)CO)[C@]2(C)C(C)CC[C@]3(CCC(=O)C23)[C@@H](C)C1O. The van der Waals surface area contributed by atoms with Crippen molar-refractivity contribution < 1.29 is 24.5 Å². The quantitative estimate of drug-likeness (QED) is 0.583. The van der Waals surface area contributed by atoms with E-state index in [1.165, 1.54) is 0 Å². The van der Waals surface area contributed by atoms with Crippen LogP contribution in [0.25, 0.3) is 0 Å². The number of hydrogen-bond acceptors (Lipinski definition) is 5. The van der Waals surface area contributed by atoms with Crippen LogP contribution in [-0.2, 0) is 14.3 Å². The molecule has 0 aromatic heterocycles. The maximum atomic E-state index is 13.1. The Kier molecular flexibility index (Phi) is 5.09. The largest absolute Gasteiger partial charge is 0.460 e. The Balaban J connectivity index is 2.21. The summed E-state index contributed by atoms with van der Waals surface area (Å²) in [6.45, 7) is 11.5. The van der Waals surface area contributed by atoms with E-state index in [4.69, 9.17) is 4.74 Å². The molecule has 3 saturated carbocycles. The molecule has 0 aromatic rings. The van der Waals surface area contributed by atoms with Crippen molar-refractivity contribution in [3.8, 4) is 0 Å². The molecule has 3 fully saturated rings. The highest BCUT2D eigenvalue weighted by Crippen LogP contribution is 2.67. The Bertz CT molecular complexity index is 645. The molecule has 0 radical (unpaired) electrons. The van der Waals surface area contributed by atoms with E-state index in [1.54, 1.807) is 6.08 Å². The molecule has 5 nitrogen and oxygen atoms in total. The highest BCUT2D eigenvalue weighted by molar-refractivity contribution is 5.85. The van der Waals surface area contributed by atoms with Gasteiger partial charge in [-0.1, -0.05) is 33.8 Å². The predicted octanol–water partition coefficient (Wildman–Crippen LogP) is 2.89. The van der Waals surface area contributed by atoms with E-state index in [-0.39, 0.29) is 29.0 Å². The third-order valence-electron chi connectivity index (χ3n) is 8.70. The third kappa shape index (κ3) is 2.72. The fraction of sp³-hybridized carbons (Fsp3) is 0.818. The Morgan fingerprint density at radius 3 is 2.59 bits per heavy atom. The maximum absolute atomic E-state index is 13.1. The van der Waals surface area contributed by atoms with Gasteiger partial charge in [-0.3, -0.25) is 4.79 Å². The highest BCUT2D eigenvalue weighted by atomic mass is 16.6. The third-order valence-corrected chi connectivity index (χ3v) is 8.70. The summed E-state index contributed by atoms with van der Waals surface area (Å²) < 4.78 is 5.77. The van der Waals surface area contributed by atoms with Crippen LogP contribution < -0.4 is 0 Å². The second-order valence-electron chi connectivity index (χ2n) is 9.72. The van der Waals surface area contributed by atoms with Crippen molar-refractivity contribution in [2.45, 2.75) is 72.0 Å². The molecule has 2 bridgehead atoms. The van der Waals surface area contributed by atoms with Crippen LogP contribution in [0.5, 0.6) is 0 Å². The number of carbonyl (C=O) groups is 2. The van der Waals surface area contributed by atoms with Crippen molar-refractivity contribution in [2.75, 3.05) is 6.61 Å². The van der Waals surface area contributed by atoms with E-state index in [0.29, 0.717) is 12.8 Å². The summed E-state index contributed by atoms with van der Waals surface area (Å²) in [5.74, 6) is -0.520. The zero-order valence-electron chi connectivity index (χ0n) is 17.0. The molecule has 8 atom stereocenters. The number of esters is 1. The minimum atomic E-state index is -0.686. The summed E-state index contributed by atoms with van der Waals surface area (Å²) >= 11 is 0. The average Bonchev–Trinajstić information content (AvgIpc) is 3.00. The highest BCUT2D eigenvalue weighted by Gasteiger charge is 2.68. The molecule has 4 unspecified atom stereocenters. The van der Waals surface area contributed by atoms with Gasteiger partial charge in [0.15, 0.2) is 0 Å². The lowest BCUT2D eigenvalue weighted by Gasteiger charge is -2.61. The number of rotatable bonds is 3. The summed E-state index contributed by atoms with van der Waals surface area (Å²) in [6.07, 6.45) is 4.10. The molecule has 27 heavy (non-hydrogen) atoms. The first kappa shape index (κ1) is 20.5. The standard InChI is InChI=1S/C22H34O5/c1-6-20(4)11-16(27-17(25)12-23)21(5)13(2)7-9-22(14(3)19(20)26)10-8-15(24)18(21)22/h6,13-14,16,18-19,23,26H,1,7-12H2,2-5H3/t13?,14-,16?,18?,19?,20+,21-,22-/m0/s1. The van der Waals surface area contributed by atoms with Gasteiger partial charge in [0, 0.05) is 23.2 Å². The average molecular weight is 379 g/mol. The van der Waals surface area contributed by atoms with Crippen LogP contribution >= 0.6 is 0 Å². The molecule has 0 amide bonds. The van der Waals surface area contributed by atoms with Gasteiger partial charge in [-0.05, 0) is 42.9 Å². The first-order chi connectivity index (χ1) is 12.6. The van der Waals surface area contributed by atoms with Gasteiger partial charge in [-0.2, -0.15) is 0 Å². The van der Waals surface area contributed by atoms with Gasteiger partial charge in [0.25, 0.3) is 0 Å². The number of aliphatic hydroxyl groups is 2. The molecule has 2 N–H and O–H groups in total. The monoisotopic (exact) mass is 378 g/mol. The first-order valence-electron chi connectivity index (χ1n) is 10.2. The topological polar surface area (TPSA) is 83.8 Å². The van der Waals surface area contributed by atoms with Crippen LogP contribution in [0.3, 0.4) is 0 Å². The van der Waals surface area contributed by atoms with Crippen LogP contribution in [0.15, 0.2) is 12.7 Å². The molecular formula is C22H34O5. The molecule has 0 spiro atoms. The van der Waals surface area contributed by atoms with Crippen molar-refractivity contribution in [1.82, 2.24) is 0 Å². The lowest BCUT2D eigenvalue weighted by molar-refractivity contribution is -0.207. The van der Waals surface area contributed by atoms with E-state index < -0.39 is 35.6 Å². The molecule has 0 aliphatic heterocycles. The van der Waals surface area contributed by atoms with Gasteiger partial charge in [-0.15, -0.1) is 6.58 Å². The second kappa shape index (κ2) is 6.70. The van der Waals surface area contributed by atoms with E-state index in [2.05, 4.69) is 27.4 Å². The molecule has 0 aromatic carbocycles. The summed E-state index contributed by atoms with van der Waals surface area (Å²) in [6, 6.07) is 0. The number of ketones is 1. The van der Waals surface area contributed by atoms with Crippen LogP contribution in [0.2, 0.25) is 0 Å². The lowest BCUT2D eigenvalue weighted by atomic mass is 9.44. The smallest absolute Gasteiger partial charge is 0.332 e. The fourth-order valence-corrected chi connectivity index (χ4v) is 6.70. The number of Topliss-reactive ketones (excluding diaryl/α,β-unsaturated/α-hetero) is 1. The van der Waals surface area contributed by atoms with E-state index in [0.717, 1.165) is 19.3 Å². The first-order valence-corrected chi connectivity index (χ1v) is 10.2. The van der Waals surface area contributed by atoms with Crippen LogP contribution in [0, 0.1) is 34.0 Å². The van der Waals surface area contributed by atoms with E-state index in [9.17, 15) is 19.8 Å². The summed E-state index contributed by atoms with van der Waals surface area (Å²) in [7, 11) is 0. The van der Waals surface area contributed by atoms with Gasteiger partial charge in [-0.25, -0.2) is 4.79 Å². The van der Waals surface area contributed by atoms with Crippen LogP contribution in [0.4, 0.5) is 0 Å². The molecule has 3 rings (SSSR count). The van der Waals surface area contributed by atoms with Gasteiger partial charge in [0.1, 0.15) is 18.5 Å². The van der Waals surface area contributed by atoms with Crippen molar-refractivity contribution in [3.05, 3.63) is 12.7 Å². The molecule has 152 valence electrons. The fourth-order valence-electron chi connectivity index (χ4n) is 6.70. The normalized spacial score (nSPS) is 49.7. The summed E-state index contributed by atoms with van der Waals surface area (Å²) in [5.41, 5.74) is -1.43. The van der Waals surface area contributed by atoms with Crippen molar-refractivity contribution in [3.63, 3.8) is 0 Å². The summed E-state index contributed by atoms with van der Waals surface area (Å²) in [5, 5.41) is 20.6. The molecule has 3 aliphatic rings. The van der Waals surface area contributed by atoms with E-state index >= 15 is 0 Å². The van der Waals surface area contributed by atoms with Crippen LogP contribution in [0.1, 0.15) is 59.8 Å². The number of ether oxygens (including phenoxy) is 1. The van der Waals surface area contributed by atoms with Crippen LogP contribution in [-0.4, -0.2) is 40.8 Å². The molecule has 0 saturated heterocycles. The number of aliphatic hydroxyl groups excluding tert-OH is 2. The number of carbonyl (C=O) groups excluding carboxylic acids is 2. The predicted molar refractivity (Wildman–Crippen MR) is 102 cm³/mol. The van der Waals surface area contributed by atoms with Gasteiger partial charge in [0.05, 0.1) is 6.10 Å². The van der Waals surface area contributed by atoms with Crippen molar-refractivity contribution >= 4 is 11.8 Å². The Hall–Kier alpha value is -1.20. The molecule has 5 heteroatoms. The minimum Gasteiger partial charge on any atom is -0.460 e. The lowest BCUT2D eigenvalue weighted by Crippen LogP contribution is -2.63. The van der Waals surface area contributed by atoms with Gasteiger partial charge >= 0.3 is 5.97 Å². The minimum absolute atomic E-state index is 0.0433.